The Hall–Kier alpha value is -0.860. The van der Waals surface area contributed by atoms with E-state index in [1.54, 1.807) is 7.11 Å². The van der Waals surface area contributed by atoms with Crippen LogP contribution in [0.5, 0.6) is 0 Å². The number of aryl methyl sites for hydroxylation is 1. The van der Waals surface area contributed by atoms with Crippen LogP contribution in [0, 0.1) is 6.92 Å². The standard InChI is InChI=1S/C14H23NO/c1-13-7-6-8-14(11-13)12-15-9-4-3-5-10-16-2/h6-8,11,15H,3-5,9-10,12H2,1-2H3. The second kappa shape index (κ2) is 8.31. The molecule has 0 saturated heterocycles. The van der Waals surface area contributed by atoms with Gasteiger partial charge in [0.2, 0.25) is 0 Å². The minimum Gasteiger partial charge on any atom is -0.385 e. The lowest BCUT2D eigenvalue weighted by atomic mass is 10.1. The van der Waals surface area contributed by atoms with Crippen molar-refractivity contribution in [3.05, 3.63) is 35.4 Å². The summed E-state index contributed by atoms with van der Waals surface area (Å²) < 4.78 is 5.01. The molecule has 1 rings (SSSR count). The van der Waals surface area contributed by atoms with Crippen molar-refractivity contribution in [2.75, 3.05) is 20.3 Å². The van der Waals surface area contributed by atoms with Gasteiger partial charge in [0.15, 0.2) is 0 Å². The van der Waals surface area contributed by atoms with Crippen molar-refractivity contribution in [1.82, 2.24) is 5.32 Å². The highest BCUT2D eigenvalue weighted by Gasteiger charge is 1.93. The van der Waals surface area contributed by atoms with Crippen molar-refractivity contribution >= 4 is 0 Å². The molecule has 2 heteroatoms. The van der Waals surface area contributed by atoms with Crippen LogP contribution in [0.25, 0.3) is 0 Å². The molecule has 0 saturated carbocycles. The van der Waals surface area contributed by atoms with E-state index in [9.17, 15) is 0 Å². The van der Waals surface area contributed by atoms with Crippen LogP contribution in [0.15, 0.2) is 24.3 Å². The van der Waals surface area contributed by atoms with Crippen LogP contribution < -0.4 is 5.32 Å². The van der Waals surface area contributed by atoms with Gasteiger partial charge in [-0.3, -0.25) is 0 Å². The molecule has 0 spiro atoms. The summed E-state index contributed by atoms with van der Waals surface area (Å²) in [6.45, 7) is 5.09. The van der Waals surface area contributed by atoms with E-state index in [-0.39, 0.29) is 0 Å². The molecule has 0 bridgehead atoms. The number of unbranched alkanes of at least 4 members (excludes halogenated alkanes) is 2. The van der Waals surface area contributed by atoms with E-state index < -0.39 is 0 Å². The highest BCUT2D eigenvalue weighted by Crippen LogP contribution is 2.03. The summed E-state index contributed by atoms with van der Waals surface area (Å²) in [5.74, 6) is 0. The molecular weight excluding hydrogens is 198 g/mol. The van der Waals surface area contributed by atoms with E-state index in [0.717, 1.165) is 19.7 Å². The van der Waals surface area contributed by atoms with Crippen molar-refractivity contribution in [2.45, 2.75) is 32.7 Å². The molecule has 0 aliphatic heterocycles. The number of nitrogens with one attached hydrogen (secondary N) is 1. The third-order valence-electron chi connectivity index (χ3n) is 2.61. The molecule has 0 fully saturated rings. The first-order chi connectivity index (χ1) is 7.83. The zero-order valence-corrected chi connectivity index (χ0v) is 10.5. The average molecular weight is 221 g/mol. The Morgan fingerprint density at radius 1 is 1.19 bits per heavy atom. The van der Waals surface area contributed by atoms with Gasteiger partial charge in [0, 0.05) is 20.3 Å². The maximum absolute atomic E-state index is 5.01. The first kappa shape index (κ1) is 13.2. The summed E-state index contributed by atoms with van der Waals surface area (Å²) in [6.07, 6.45) is 3.65. The Kier molecular flexibility index (Phi) is 6.86. The molecule has 16 heavy (non-hydrogen) atoms. The first-order valence-electron chi connectivity index (χ1n) is 6.08. The lowest BCUT2D eigenvalue weighted by Gasteiger charge is -2.05. The summed E-state index contributed by atoms with van der Waals surface area (Å²) in [7, 11) is 1.76. The molecule has 2 nitrogen and oxygen atoms in total. The number of hydrogen-bond donors (Lipinski definition) is 1. The molecule has 0 amide bonds. The minimum absolute atomic E-state index is 0.887. The highest BCUT2D eigenvalue weighted by atomic mass is 16.5. The van der Waals surface area contributed by atoms with Crippen molar-refractivity contribution in [1.29, 1.82) is 0 Å². The molecule has 1 N–H and O–H groups in total. The number of ether oxygens (including phenoxy) is 1. The van der Waals surface area contributed by atoms with Crippen LogP contribution >= 0.6 is 0 Å². The molecular formula is C14H23NO. The van der Waals surface area contributed by atoms with Crippen LogP contribution in [0.3, 0.4) is 0 Å². The Balaban J connectivity index is 2.03. The Morgan fingerprint density at radius 3 is 2.81 bits per heavy atom. The van der Waals surface area contributed by atoms with Crippen molar-refractivity contribution < 1.29 is 4.74 Å². The molecule has 1 aromatic rings. The Morgan fingerprint density at radius 2 is 2.06 bits per heavy atom. The number of methoxy groups -OCH3 is 1. The van der Waals surface area contributed by atoms with Crippen LogP contribution in [-0.4, -0.2) is 20.3 Å². The third kappa shape index (κ3) is 5.89. The zero-order valence-electron chi connectivity index (χ0n) is 10.5. The topological polar surface area (TPSA) is 21.3 Å². The summed E-state index contributed by atoms with van der Waals surface area (Å²) in [6, 6.07) is 8.65. The largest absolute Gasteiger partial charge is 0.385 e. The first-order valence-corrected chi connectivity index (χ1v) is 6.08. The van der Waals surface area contributed by atoms with E-state index in [1.807, 2.05) is 0 Å². The maximum atomic E-state index is 5.01. The molecule has 0 aliphatic rings. The van der Waals surface area contributed by atoms with E-state index in [1.165, 1.54) is 30.4 Å². The van der Waals surface area contributed by atoms with E-state index >= 15 is 0 Å². The number of benzene rings is 1. The van der Waals surface area contributed by atoms with Crippen molar-refractivity contribution in [3.8, 4) is 0 Å². The molecule has 0 radical (unpaired) electrons. The smallest absolute Gasteiger partial charge is 0.0462 e. The predicted octanol–water partition coefficient (Wildman–Crippen LogP) is 2.90. The van der Waals surface area contributed by atoms with Crippen LogP contribution in [-0.2, 0) is 11.3 Å². The molecule has 0 aromatic heterocycles. The molecule has 0 aliphatic carbocycles. The fourth-order valence-electron chi connectivity index (χ4n) is 1.73. The summed E-state index contributed by atoms with van der Waals surface area (Å²) in [5, 5.41) is 3.46. The molecule has 0 atom stereocenters. The van der Waals surface area contributed by atoms with Gasteiger partial charge in [-0.05, 0) is 38.3 Å². The quantitative estimate of drug-likeness (QED) is 0.682. The van der Waals surface area contributed by atoms with Gasteiger partial charge in [0.1, 0.15) is 0 Å². The Bertz CT molecular complexity index is 286. The lowest BCUT2D eigenvalue weighted by Crippen LogP contribution is -2.14. The van der Waals surface area contributed by atoms with Crippen LogP contribution in [0.1, 0.15) is 30.4 Å². The second-order valence-corrected chi connectivity index (χ2v) is 4.22. The summed E-state index contributed by atoms with van der Waals surface area (Å²) in [4.78, 5) is 0. The van der Waals surface area contributed by atoms with Gasteiger partial charge in [-0.25, -0.2) is 0 Å². The fraction of sp³-hybridized carbons (Fsp3) is 0.571. The number of hydrogen-bond acceptors (Lipinski definition) is 2. The molecule has 0 unspecified atom stereocenters. The number of rotatable bonds is 8. The van der Waals surface area contributed by atoms with E-state index in [2.05, 4.69) is 36.5 Å². The summed E-state index contributed by atoms with van der Waals surface area (Å²) >= 11 is 0. The van der Waals surface area contributed by atoms with Gasteiger partial charge in [-0.2, -0.15) is 0 Å². The van der Waals surface area contributed by atoms with Crippen LogP contribution in [0.4, 0.5) is 0 Å². The van der Waals surface area contributed by atoms with Gasteiger partial charge in [0.25, 0.3) is 0 Å². The van der Waals surface area contributed by atoms with E-state index in [4.69, 9.17) is 4.74 Å². The average Bonchev–Trinajstić information content (AvgIpc) is 2.28. The predicted molar refractivity (Wildman–Crippen MR) is 68.6 cm³/mol. The van der Waals surface area contributed by atoms with Gasteiger partial charge < -0.3 is 10.1 Å². The Labute approximate surface area is 99.0 Å². The van der Waals surface area contributed by atoms with Crippen molar-refractivity contribution in [2.24, 2.45) is 0 Å². The lowest BCUT2D eigenvalue weighted by molar-refractivity contribution is 0.192. The maximum Gasteiger partial charge on any atom is 0.0462 e. The monoisotopic (exact) mass is 221 g/mol. The molecule has 0 heterocycles. The van der Waals surface area contributed by atoms with Gasteiger partial charge in [-0.15, -0.1) is 0 Å². The normalized spacial score (nSPS) is 10.6. The highest BCUT2D eigenvalue weighted by molar-refractivity contribution is 5.21. The SMILES string of the molecule is COCCCCCNCc1cccc(C)c1. The second-order valence-electron chi connectivity index (χ2n) is 4.22. The van der Waals surface area contributed by atoms with Gasteiger partial charge >= 0.3 is 0 Å². The molecule has 90 valence electrons. The van der Waals surface area contributed by atoms with Crippen LogP contribution in [0.2, 0.25) is 0 Å². The zero-order chi connectivity index (χ0) is 11.6. The summed E-state index contributed by atoms with van der Waals surface area (Å²) in [5.41, 5.74) is 2.70. The minimum atomic E-state index is 0.887. The van der Waals surface area contributed by atoms with E-state index in [0.29, 0.717) is 0 Å². The fourth-order valence-corrected chi connectivity index (χ4v) is 1.73. The third-order valence-corrected chi connectivity index (χ3v) is 2.61. The van der Waals surface area contributed by atoms with Gasteiger partial charge in [0.05, 0.1) is 0 Å². The molecule has 1 aromatic carbocycles. The van der Waals surface area contributed by atoms with Crippen molar-refractivity contribution in [3.63, 3.8) is 0 Å². The van der Waals surface area contributed by atoms with Gasteiger partial charge in [-0.1, -0.05) is 29.8 Å².